The molecule has 0 unspecified atom stereocenters. The summed E-state index contributed by atoms with van der Waals surface area (Å²) in [6.07, 6.45) is 9.08. The van der Waals surface area contributed by atoms with Gasteiger partial charge in [0, 0.05) is 42.8 Å². The zero-order valence-corrected chi connectivity index (χ0v) is 14.8. The van der Waals surface area contributed by atoms with E-state index in [2.05, 4.69) is 22.1 Å². The number of pyridine rings is 1. The number of hydrogen-bond acceptors (Lipinski definition) is 2. The van der Waals surface area contributed by atoms with E-state index in [1.807, 2.05) is 29.1 Å². The molecule has 0 amide bonds. The van der Waals surface area contributed by atoms with Crippen LogP contribution in [0.2, 0.25) is 0 Å². The van der Waals surface area contributed by atoms with Crippen LogP contribution in [-0.2, 0) is 13.6 Å². The van der Waals surface area contributed by atoms with Crippen molar-refractivity contribution in [3.63, 3.8) is 0 Å². The number of nitrogens with zero attached hydrogens (tertiary/aromatic N) is 5. The number of benzene rings is 1. The average molecular weight is 355 g/mol. The lowest BCUT2D eigenvalue weighted by Gasteiger charge is -2.11. The van der Waals surface area contributed by atoms with Crippen LogP contribution in [0.3, 0.4) is 0 Å². The largest absolute Gasteiger partial charge is 0.335 e. The molecule has 0 bridgehead atoms. The highest BCUT2D eigenvalue weighted by Crippen LogP contribution is 2.27. The highest BCUT2D eigenvalue weighted by Gasteiger charge is 2.12. The fraction of sp³-hybridized carbons (Fsp3) is 0.0952. The van der Waals surface area contributed by atoms with Gasteiger partial charge in [-0.05, 0) is 17.8 Å². The maximum absolute atomic E-state index is 12.2. The maximum atomic E-state index is 12.2. The van der Waals surface area contributed by atoms with E-state index in [1.165, 1.54) is 5.56 Å². The lowest BCUT2D eigenvalue weighted by atomic mass is 10.1. The molecule has 6 heteroatoms. The lowest BCUT2D eigenvalue weighted by molar-refractivity contribution is 0.687. The number of aryl methyl sites for hydroxylation is 1. The summed E-state index contributed by atoms with van der Waals surface area (Å²) in [5.74, 6) is 0. The second-order valence-corrected chi connectivity index (χ2v) is 6.32. The third-order valence-electron chi connectivity index (χ3n) is 4.42. The molecular weight excluding hydrogens is 338 g/mol. The molecule has 27 heavy (non-hydrogen) atoms. The molecule has 0 aliphatic heterocycles. The van der Waals surface area contributed by atoms with Crippen molar-refractivity contribution in [3.05, 3.63) is 101 Å². The summed E-state index contributed by atoms with van der Waals surface area (Å²) in [5, 5.41) is 4.47. The minimum atomic E-state index is -0.108. The molecule has 0 saturated carbocycles. The zero-order valence-electron chi connectivity index (χ0n) is 14.8. The summed E-state index contributed by atoms with van der Waals surface area (Å²) < 4.78 is 5.23. The summed E-state index contributed by atoms with van der Waals surface area (Å²) in [4.78, 5) is 15.6. The van der Waals surface area contributed by atoms with E-state index in [-0.39, 0.29) is 5.56 Å². The van der Waals surface area contributed by atoms with Crippen molar-refractivity contribution in [2.45, 2.75) is 6.54 Å². The van der Waals surface area contributed by atoms with Gasteiger partial charge in [-0.25, -0.2) is 4.85 Å². The quantitative estimate of drug-likeness (QED) is 0.525. The van der Waals surface area contributed by atoms with Crippen molar-refractivity contribution < 1.29 is 0 Å². The van der Waals surface area contributed by atoms with Gasteiger partial charge in [-0.3, -0.25) is 9.48 Å². The van der Waals surface area contributed by atoms with Gasteiger partial charge in [0.15, 0.2) is 0 Å². The third kappa shape index (κ3) is 3.31. The Hall–Kier alpha value is -3.85. The van der Waals surface area contributed by atoms with Crippen molar-refractivity contribution in [1.82, 2.24) is 18.9 Å². The molecule has 6 nitrogen and oxygen atoms in total. The molecule has 0 saturated heterocycles. The van der Waals surface area contributed by atoms with Crippen LogP contribution in [-0.4, -0.2) is 18.9 Å². The summed E-state index contributed by atoms with van der Waals surface area (Å²) in [6, 6.07) is 13.4. The SMILES string of the molecule is [C-]#[N+]c1ccn(-c2cc(=O)n(C)cc2-c2cnn(Cc3ccccc3)c2)c1. The molecule has 0 aliphatic carbocycles. The fourth-order valence-electron chi connectivity index (χ4n) is 3.02. The van der Waals surface area contributed by atoms with E-state index in [9.17, 15) is 4.79 Å². The minimum Gasteiger partial charge on any atom is -0.335 e. The number of rotatable bonds is 4. The Morgan fingerprint density at radius 2 is 1.93 bits per heavy atom. The van der Waals surface area contributed by atoms with E-state index in [1.54, 1.807) is 53.1 Å². The molecule has 0 fully saturated rings. The summed E-state index contributed by atoms with van der Waals surface area (Å²) >= 11 is 0. The zero-order chi connectivity index (χ0) is 18.8. The fourth-order valence-corrected chi connectivity index (χ4v) is 3.02. The Morgan fingerprint density at radius 1 is 1.11 bits per heavy atom. The molecule has 4 aromatic rings. The Morgan fingerprint density at radius 3 is 2.67 bits per heavy atom. The van der Waals surface area contributed by atoms with Gasteiger partial charge < -0.3 is 9.13 Å². The van der Waals surface area contributed by atoms with Crippen LogP contribution in [0, 0.1) is 6.57 Å². The summed E-state index contributed by atoms with van der Waals surface area (Å²) in [7, 11) is 1.73. The standard InChI is InChI=1S/C21H17N5O/c1-22-18-8-9-25(14-18)20-10-21(27)24(2)15-19(20)17-11-23-26(13-17)12-16-6-4-3-5-7-16/h3-11,13-15H,12H2,2H3. The molecule has 1 aromatic carbocycles. The molecule has 3 aromatic heterocycles. The van der Waals surface area contributed by atoms with Gasteiger partial charge in [-0.15, -0.1) is 0 Å². The Bertz CT molecular complexity index is 1190. The monoisotopic (exact) mass is 355 g/mol. The molecule has 0 N–H and O–H groups in total. The normalized spacial score (nSPS) is 10.7. The molecule has 4 rings (SSSR count). The number of hydrogen-bond donors (Lipinski definition) is 0. The van der Waals surface area contributed by atoms with Crippen molar-refractivity contribution in [2.24, 2.45) is 7.05 Å². The van der Waals surface area contributed by atoms with E-state index in [0.29, 0.717) is 12.2 Å². The first-order chi connectivity index (χ1) is 13.1. The predicted octanol–water partition coefficient (Wildman–Crippen LogP) is 3.64. The smallest absolute Gasteiger partial charge is 0.252 e. The van der Waals surface area contributed by atoms with Gasteiger partial charge in [0.1, 0.15) is 0 Å². The second kappa shape index (κ2) is 6.81. The van der Waals surface area contributed by atoms with E-state index in [4.69, 9.17) is 6.57 Å². The van der Waals surface area contributed by atoms with Gasteiger partial charge >= 0.3 is 0 Å². The van der Waals surface area contributed by atoms with Crippen LogP contribution in [0.25, 0.3) is 21.7 Å². The summed E-state index contributed by atoms with van der Waals surface area (Å²) in [6.45, 7) is 7.83. The molecule has 0 atom stereocenters. The van der Waals surface area contributed by atoms with E-state index < -0.39 is 0 Å². The molecule has 132 valence electrons. The Kier molecular flexibility index (Phi) is 4.19. The van der Waals surface area contributed by atoms with Crippen molar-refractivity contribution in [1.29, 1.82) is 0 Å². The van der Waals surface area contributed by atoms with Crippen LogP contribution in [0.1, 0.15) is 5.56 Å². The first kappa shape index (κ1) is 16.6. The first-order valence-electron chi connectivity index (χ1n) is 8.47. The average Bonchev–Trinajstić information content (AvgIpc) is 3.34. The van der Waals surface area contributed by atoms with Gasteiger partial charge in [-0.2, -0.15) is 5.10 Å². The number of aromatic nitrogens is 4. The minimum absolute atomic E-state index is 0.108. The molecule has 0 aliphatic rings. The topological polar surface area (TPSA) is 49.1 Å². The van der Waals surface area contributed by atoms with Crippen LogP contribution in [0.5, 0.6) is 0 Å². The van der Waals surface area contributed by atoms with Crippen molar-refractivity contribution >= 4 is 5.69 Å². The highest BCUT2D eigenvalue weighted by molar-refractivity contribution is 5.71. The van der Waals surface area contributed by atoms with Crippen LogP contribution >= 0.6 is 0 Å². The Balaban J connectivity index is 1.76. The van der Waals surface area contributed by atoms with Crippen LogP contribution in [0.15, 0.2) is 78.2 Å². The summed E-state index contributed by atoms with van der Waals surface area (Å²) in [5.41, 5.74) is 4.11. The van der Waals surface area contributed by atoms with Gasteiger partial charge in [0.05, 0.1) is 25.0 Å². The van der Waals surface area contributed by atoms with E-state index >= 15 is 0 Å². The Labute approximate surface area is 156 Å². The van der Waals surface area contributed by atoms with Crippen molar-refractivity contribution in [3.8, 4) is 16.8 Å². The molecule has 0 spiro atoms. The first-order valence-corrected chi connectivity index (χ1v) is 8.47. The lowest BCUT2D eigenvalue weighted by Crippen LogP contribution is -2.17. The molecular formula is C21H17N5O. The maximum Gasteiger partial charge on any atom is 0.252 e. The molecule has 0 radical (unpaired) electrons. The highest BCUT2D eigenvalue weighted by atomic mass is 16.1. The molecule has 3 heterocycles. The van der Waals surface area contributed by atoms with Gasteiger partial charge in [0.2, 0.25) is 5.69 Å². The van der Waals surface area contributed by atoms with Gasteiger partial charge in [-0.1, -0.05) is 30.3 Å². The second-order valence-electron chi connectivity index (χ2n) is 6.32. The predicted molar refractivity (Wildman–Crippen MR) is 104 cm³/mol. The van der Waals surface area contributed by atoms with Crippen LogP contribution in [0.4, 0.5) is 5.69 Å². The van der Waals surface area contributed by atoms with Crippen LogP contribution < -0.4 is 5.56 Å². The van der Waals surface area contributed by atoms with E-state index in [0.717, 1.165) is 16.8 Å². The van der Waals surface area contributed by atoms with Gasteiger partial charge in [0.25, 0.3) is 5.56 Å². The third-order valence-corrected chi connectivity index (χ3v) is 4.42. The van der Waals surface area contributed by atoms with Crippen molar-refractivity contribution in [2.75, 3.05) is 0 Å².